The van der Waals surface area contributed by atoms with Crippen LogP contribution in [0.25, 0.3) is 0 Å². The lowest BCUT2D eigenvalue weighted by Crippen LogP contribution is -2.35. The predicted octanol–water partition coefficient (Wildman–Crippen LogP) is -1.88. The smallest absolute Gasteiger partial charge is 0.387 e. The molecular weight excluding hydrogens is 327 g/mol. The summed E-state index contributed by atoms with van der Waals surface area (Å²) in [4.78, 5) is 28.4. The minimum Gasteiger partial charge on any atom is -0.387 e. The molecular formula is C9H13N2O8PS. The quantitative estimate of drug-likeness (QED) is 0.398. The highest BCUT2D eigenvalue weighted by Crippen LogP contribution is 2.38. The Labute approximate surface area is 121 Å². The van der Waals surface area contributed by atoms with E-state index in [1.165, 1.54) is 12.3 Å². The van der Waals surface area contributed by atoms with E-state index in [0.717, 1.165) is 4.57 Å². The van der Waals surface area contributed by atoms with E-state index in [0.29, 0.717) is 11.3 Å². The summed E-state index contributed by atoms with van der Waals surface area (Å²) in [5, 5.41) is 27.0. The van der Waals surface area contributed by atoms with Gasteiger partial charge in [0.05, 0.1) is 6.61 Å². The number of phosphoric ester groups is 1. The average molecular weight is 340 g/mol. The van der Waals surface area contributed by atoms with E-state index in [1.54, 1.807) is 0 Å². The highest BCUT2D eigenvalue weighted by Gasteiger charge is 2.44. The lowest BCUT2D eigenvalue weighted by atomic mass is 10.1. The van der Waals surface area contributed by atoms with E-state index in [-0.39, 0.29) is 4.67 Å². The normalized spacial score (nSPS) is 29.7. The van der Waals surface area contributed by atoms with Crippen LogP contribution in [0.2, 0.25) is 0 Å². The first kappa shape index (κ1) is 16.5. The SMILES string of the molecule is N=c1ccn([C@@H]2O[C@H](COP(=O)(O)O)[C@@H](O)[C@H]2O)c(=O)s1. The second kappa shape index (κ2) is 6.07. The van der Waals surface area contributed by atoms with Gasteiger partial charge in [0.25, 0.3) is 0 Å². The maximum atomic E-state index is 11.7. The zero-order valence-electron chi connectivity index (χ0n) is 10.4. The van der Waals surface area contributed by atoms with Crippen LogP contribution >= 0.6 is 19.2 Å². The molecule has 0 bridgehead atoms. The van der Waals surface area contributed by atoms with Crippen molar-refractivity contribution in [2.24, 2.45) is 0 Å². The fourth-order valence-electron chi connectivity index (χ4n) is 1.85. The molecule has 1 saturated heterocycles. The molecule has 0 saturated carbocycles. The summed E-state index contributed by atoms with van der Waals surface area (Å²) in [5.41, 5.74) is 0. The molecule has 5 N–H and O–H groups in total. The molecule has 1 aromatic rings. The summed E-state index contributed by atoms with van der Waals surface area (Å²) in [7, 11) is -4.74. The van der Waals surface area contributed by atoms with Crippen molar-refractivity contribution in [2.75, 3.05) is 6.61 Å². The van der Waals surface area contributed by atoms with Crippen LogP contribution < -0.4 is 9.54 Å². The van der Waals surface area contributed by atoms with Crippen LogP contribution in [0, 0.1) is 5.41 Å². The number of nitrogens with zero attached hydrogens (tertiary/aromatic N) is 1. The molecule has 1 aliphatic rings. The fraction of sp³-hybridized carbons (Fsp3) is 0.556. The minimum absolute atomic E-state index is 0.0191. The molecule has 2 rings (SSSR count). The molecule has 0 aromatic carbocycles. The number of ether oxygens (including phenoxy) is 1. The molecule has 0 amide bonds. The number of nitrogens with one attached hydrogen (secondary N) is 1. The second-order valence-corrected chi connectivity index (χ2v) is 6.52. The van der Waals surface area contributed by atoms with Crippen molar-refractivity contribution in [3.05, 3.63) is 26.6 Å². The van der Waals surface area contributed by atoms with E-state index in [4.69, 9.17) is 19.9 Å². The van der Waals surface area contributed by atoms with Crippen molar-refractivity contribution in [1.82, 2.24) is 4.57 Å². The Bertz CT molecular complexity index is 668. The number of hydrogen-bond donors (Lipinski definition) is 5. The Hall–Kier alpha value is -0.910. The molecule has 0 spiro atoms. The summed E-state index contributed by atoms with van der Waals surface area (Å²) in [6.45, 7) is -0.645. The molecule has 0 radical (unpaired) electrons. The summed E-state index contributed by atoms with van der Waals surface area (Å²) >= 11 is 0.613. The number of hydrogen-bond acceptors (Lipinski definition) is 8. The molecule has 2 heterocycles. The number of phosphoric acid groups is 1. The third-order valence-electron chi connectivity index (χ3n) is 2.81. The van der Waals surface area contributed by atoms with Gasteiger partial charge in [-0.25, -0.2) is 4.57 Å². The van der Waals surface area contributed by atoms with Crippen molar-refractivity contribution in [1.29, 1.82) is 5.41 Å². The number of aliphatic hydroxyl groups excluding tert-OH is 2. The summed E-state index contributed by atoms with van der Waals surface area (Å²) < 4.78 is 21.1. The van der Waals surface area contributed by atoms with Gasteiger partial charge >= 0.3 is 12.7 Å². The summed E-state index contributed by atoms with van der Waals surface area (Å²) in [6, 6.07) is 1.31. The van der Waals surface area contributed by atoms with Crippen molar-refractivity contribution in [3.63, 3.8) is 0 Å². The van der Waals surface area contributed by atoms with Gasteiger partial charge in [-0.15, -0.1) is 0 Å². The van der Waals surface area contributed by atoms with Gasteiger partial charge in [0, 0.05) is 6.20 Å². The second-order valence-electron chi connectivity index (χ2n) is 4.29. The first-order valence-corrected chi connectivity index (χ1v) is 8.02. The highest BCUT2D eigenvalue weighted by molar-refractivity contribution is 7.46. The van der Waals surface area contributed by atoms with Gasteiger partial charge in [-0.3, -0.25) is 19.3 Å². The maximum absolute atomic E-state index is 11.7. The Morgan fingerprint density at radius 3 is 2.67 bits per heavy atom. The van der Waals surface area contributed by atoms with E-state index in [9.17, 15) is 19.6 Å². The predicted molar refractivity (Wildman–Crippen MR) is 68.4 cm³/mol. The number of rotatable bonds is 4. The first-order chi connectivity index (χ1) is 9.69. The van der Waals surface area contributed by atoms with Crippen LogP contribution in [0.15, 0.2) is 17.1 Å². The zero-order valence-corrected chi connectivity index (χ0v) is 12.1. The lowest BCUT2D eigenvalue weighted by molar-refractivity contribution is -0.0531. The maximum Gasteiger partial charge on any atom is 0.469 e. The van der Waals surface area contributed by atoms with Gasteiger partial charge in [0.15, 0.2) is 6.23 Å². The Morgan fingerprint density at radius 1 is 1.43 bits per heavy atom. The van der Waals surface area contributed by atoms with Gasteiger partial charge in [-0.05, 0) is 6.07 Å². The van der Waals surface area contributed by atoms with Crippen molar-refractivity contribution in [2.45, 2.75) is 24.5 Å². The third-order valence-corrected chi connectivity index (χ3v) is 4.04. The molecule has 118 valence electrons. The fourth-order valence-corrected chi connectivity index (χ4v) is 2.77. The van der Waals surface area contributed by atoms with E-state index < -0.39 is 43.8 Å². The van der Waals surface area contributed by atoms with Gasteiger partial charge in [-0.1, -0.05) is 11.3 Å². The molecule has 12 heteroatoms. The van der Waals surface area contributed by atoms with Crippen LogP contribution in [0.4, 0.5) is 0 Å². The average Bonchev–Trinajstić information content (AvgIpc) is 2.64. The zero-order chi connectivity index (χ0) is 15.8. The van der Waals surface area contributed by atoms with E-state index in [1.807, 2.05) is 0 Å². The Morgan fingerprint density at radius 2 is 2.10 bits per heavy atom. The Balaban J connectivity index is 2.18. The monoisotopic (exact) mass is 340 g/mol. The molecule has 1 aliphatic heterocycles. The van der Waals surface area contributed by atoms with Gasteiger partial charge < -0.3 is 24.7 Å². The van der Waals surface area contributed by atoms with Crippen molar-refractivity contribution >= 4 is 19.2 Å². The van der Waals surface area contributed by atoms with E-state index >= 15 is 0 Å². The first-order valence-electron chi connectivity index (χ1n) is 5.67. The molecule has 4 atom stereocenters. The summed E-state index contributed by atoms with van der Waals surface area (Å²) in [5.74, 6) is 0. The molecule has 0 unspecified atom stereocenters. The molecule has 0 aliphatic carbocycles. The Kier molecular flexibility index (Phi) is 4.76. The summed E-state index contributed by atoms with van der Waals surface area (Å²) in [6.07, 6.45) is -4.15. The van der Waals surface area contributed by atoms with Crippen LogP contribution in [-0.4, -0.2) is 49.5 Å². The topological polar surface area (TPSA) is 162 Å². The number of aliphatic hydroxyl groups is 2. The van der Waals surface area contributed by atoms with E-state index in [2.05, 4.69) is 4.52 Å². The van der Waals surface area contributed by atoms with Crippen LogP contribution in [0.1, 0.15) is 6.23 Å². The van der Waals surface area contributed by atoms with Crippen LogP contribution in [-0.2, 0) is 13.8 Å². The van der Waals surface area contributed by atoms with Gasteiger partial charge in [0.1, 0.15) is 23.0 Å². The molecule has 1 aromatic heterocycles. The standard InChI is InChI=1S/C9H13N2O8PS/c10-5-1-2-11(9(14)21-5)8-7(13)6(12)4(19-8)3-18-20(15,16)17/h1-2,4,6-8,10,12-13H,3H2,(H2,15,16,17)/t4-,6-,7-,8-/m1/s1. The molecule has 1 fully saturated rings. The minimum atomic E-state index is -4.74. The third kappa shape index (κ3) is 3.84. The van der Waals surface area contributed by atoms with Gasteiger partial charge in [0.2, 0.25) is 0 Å². The highest BCUT2D eigenvalue weighted by atomic mass is 32.1. The largest absolute Gasteiger partial charge is 0.469 e. The van der Waals surface area contributed by atoms with Crippen molar-refractivity contribution in [3.8, 4) is 0 Å². The van der Waals surface area contributed by atoms with Crippen LogP contribution in [0.5, 0.6) is 0 Å². The van der Waals surface area contributed by atoms with Gasteiger partial charge in [-0.2, -0.15) is 0 Å². The van der Waals surface area contributed by atoms with Crippen molar-refractivity contribution < 1.29 is 33.8 Å². The lowest BCUT2D eigenvalue weighted by Gasteiger charge is -2.16. The van der Waals surface area contributed by atoms with Crippen LogP contribution in [0.3, 0.4) is 0 Å². The molecule has 21 heavy (non-hydrogen) atoms. The number of aromatic nitrogens is 1. The molecule has 10 nitrogen and oxygen atoms in total.